The fraction of sp³-hybridized carbons (Fsp3) is 0.235. The third-order valence-electron chi connectivity index (χ3n) is 3.54. The zero-order valence-corrected chi connectivity index (χ0v) is 11.0. The highest BCUT2D eigenvalue weighted by atomic mass is 19.1. The maximum absolute atomic E-state index is 12.9. The van der Waals surface area contributed by atoms with E-state index in [1.165, 1.54) is 17.7 Å². The van der Waals surface area contributed by atoms with Gasteiger partial charge in [0.05, 0.1) is 0 Å². The van der Waals surface area contributed by atoms with Gasteiger partial charge < -0.3 is 4.79 Å². The Balaban J connectivity index is 2.14. The fourth-order valence-corrected chi connectivity index (χ4v) is 2.15. The van der Waals surface area contributed by atoms with Crippen molar-refractivity contribution in [2.24, 2.45) is 0 Å². The first-order valence-corrected chi connectivity index (χ1v) is 6.40. The van der Waals surface area contributed by atoms with Crippen LogP contribution in [0.3, 0.4) is 0 Å². The lowest BCUT2D eigenvalue weighted by molar-refractivity contribution is -0.112. The molecular formula is C17H17FO. The molecule has 98 valence electrons. The van der Waals surface area contributed by atoms with Crippen LogP contribution < -0.4 is 0 Å². The van der Waals surface area contributed by atoms with Gasteiger partial charge in [-0.25, -0.2) is 4.39 Å². The summed E-state index contributed by atoms with van der Waals surface area (Å²) in [5.41, 5.74) is 1.50. The first-order chi connectivity index (χ1) is 9.14. The summed E-state index contributed by atoms with van der Waals surface area (Å²) in [6.45, 7) is 1.90. The van der Waals surface area contributed by atoms with Gasteiger partial charge in [-0.15, -0.1) is 0 Å². The van der Waals surface area contributed by atoms with Crippen LogP contribution in [0.5, 0.6) is 0 Å². The van der Waals surface area contributed by atoms with E-state index in [1.54, 1.807) is 12.1 Å². The Morgan fingerprint density at radius 3 is 2.26 bits per heavy atom. The molecule has 0 aromatic heterocycles. The lowest BCUT2D eigenvalue weighted by Crippen LogP contribution is -2.24. The minimum atomic E-state index is -0.566. The molecule has 2 aromatic rings. The number of hydrogen-bond donors (Lipinski definition) is 0. The van der Waals surface area contributed by atoms with Gasteiger partial charge in [0.15, 0.2) is 0 Å². The second-order valence-corrected chi connectivity index (χ2v) is 5.03. The summed E-state index contributed by atoms with van der Waals surface area (Å²) in [4.78, 5) is 11.4. The van der Waals surface area contributed by atoms with Crippen molar-refractivity contribution in [1.29, 1.82) is 0 Å². The van der Waals surface area contributed by atoms with Gasteiger partial charge in [-0.2, -0.15) is 0 Å². The Bertz CT molecular complexity index is 533. The monoisotopic (exact) mass is 256 g/mol. The summed E-state index contributed by atoms with van der Waals surface area (Å²) in [7, 11) is 0. The predicted octanol–water partition coefficient (Wildman–Crippen LogP) is 3.92. The molecule has 0 spiro atoms. The predicted molar refractivity (Wildman–Crippen MR) is 74.6 cm³/mol. The highest BCUT2D eigenvalue weighted by Gasteiger charge is 2.25. The Kier molecular flexibility index (Phi) is 4.10. The summed E-state index contributed by atoms with van der Waals surface area (Å²) in [5, 5.41) is 0. The minimum Gasteiger partial charge on any atom is -0.302 e. The molecule has 0 aliphatic rings. The normalized spacial score (nSPS) is 13.8. The van der Waals surface area contributed by atoms with Crippen LogP contribution in [-0.4, -0.2) is 6.29 Å². The average Bonchev–Trinajstić information content (AvgIpc) is 2.46. The van der Waals surface area contributed by atoms with E-state index in [-0.39, 0.29) is 5.82 Å². The molecule has 0 heterocycles. The molecule has 0 saturated heterocycles. The van der Waals surface area contributed by atoms with E-state index in [0.717, 1.165) is 18.3 Å². The van der Waals surface area contributed by atoms with Crippen molar-refractivity contribution in [1.82, 2.24) is 0 Å². The summed E-state index contributed by atoms with van der Waals surface area (Å²) in [6, 6.07) is 16.2. The molecule has 0 radical (unpaired) electrons. The summed E-state index contributed by atoms with van der Waals surface area (Å²) < 4.78 is 12.9. The SMILES string of the molecule is CC(C=O)(CCc1ccccc1)c1ccc(F)cc1. The molecule has 2 heteroatoms. The van der Waals surface area contributed by atoms with E-state index >= 15 is 0 Å². The molecule has 19 heavy (non-hydrogen) atoms. The standard InChI is InChI=1S/C17H17FO/c1-17(13-19,15-7-9-16(18)10-8-15)12-11-14-5-3-2-4-6-14/h2-10,13H,11-12H2,1H3. The zero-order valence-electron chi connectivity index (χ0n) is 11.0. The highest BCUT2D eigenvalue weighted by molar-refractivity contribution is 5.67. The van der Waals surface area contributed by atoms with Crippen LogP contribution in [-0.2, 0) is 16.6 Å². The number of aryl methyl sites for hydroxylation is 1. The van der Waals surface area contributed by atoms with Crippen LogP contribution in [0.25, 0.3) is 0 Å². The number of benzene rings is 2. The first-order valence-electron chi connectivity index (χ1n) is 6.40. The number of rotatable bonds is 5. The number of hydrogen-bond acceptors (Lipinski definition) is 1. The van der Waals surface area contributed by atoms with Crippen LogP contribution in [0.1, 0.15) is 24.5 Å². The van der Waals surface area contributed by atoms with E-state index in [0.29, 0.717) is 6.42 Å². The largest absolute Gasteiger partial charge is 0.302 e. The number of halogens is 1. The van der Waals surface area contributed by atoms with E-state index in [4.69, 9.17) is 0 Å². The molecule has 0 N–H and O–H groups in total. The number of aldehydes is 1. The number of carbonyl (C=O) groups is 1. The van der Waals surface area contributed by atoms with Gasteiger partial charge in [0.1, 0.15) is 12.1 Å². The van der Waals surface area contributed by atoms with Gasteiger partial charge in [-0.05, 0) is 43.0 Å². The minimum absolute atomic E-state index is 0.278. The van der Waals surface area contributed by atoms with Crippen LogP contribution >= 0.6 is 0 Å². The molecule has 0 bridgehead atoms. The van der Waals surface area contributed by atoms with E-state index in [1.807, 2.05) is 25.1 Å². The van der Waals surface area contributed by atoms with Crippen molar-refractivity contribution in [3.8, 4) is 0 Å². The Hall–Kier alpha value is -1.96. The summed E-state index contributed by atoms with van der Waals surface area (Å²) in [5.74, 6) is -0.278. The van der Waals surface area contributed by atoms with Gasteiger partial charge >= 0.3 is 0 Å². The third-order valence-corrected chi connectivity index (χ3v) is 3.54. The second-order valence-electron chi connectivity index (χ2n) is 5.03. The molecule has 0 amide bonds. The number of carbonyl (C=O) groups excluding carboxylic acids is 1. The molecule has 1 nitrogen and oxygen atoms in total. The van der Waals surface area contributed by atoms with E-state index in [9.17, 15) is 9.18 Å². The summed E-state index contributed by atoms with van der Waals surface area (Å²) >= 11 is 0. The second kappa shape index (κ2) is 5.79. The fourth-order valence-electron chi connectivity index (χ4n) is 2.15. The van der Waals surface area contributed by atoms with E-state index < -0.39 is 5.41 Å². The molecule has 1 unspecified atom stereocenters. The van der Waals surface area contributed by atoms with Crippen molar-refractivity contribution >= 4 is 6.29 Å². The Morgan fingerprint density at radius 1 is 1.05 bits per heavy atom. The van der Waals surface area contributed by atoms with Crippen molar-refractivity contribution in [3.63, 3.8) is 0 Å². The van der Waals surface area contributed by atoms with Gasteiger partial charge in [0.25, 0.3) is 0 Å². The quantitative estimate of drug-likeness (QED) is 0.741. The average molecular weight is 256 g/mol. The molecule has 0 saturated carbocycles. The highest BCUT2D eigenvalue weighted by Crippen LogP contribution is 2.27. The summed E-state index contributed by atoms with van der Waals surface area (Å²) in [6.07, 6.45) is 2.50. The van der Waals surface area contributed by atoms with Crippen LogP contribution in [0.4, 0.5) is 4.39 Å². The third kappa shape index (κ3) is 3.28. The van der Waals surface area contributed by atoms with Crippen molar-refractivity contribution in [3.05, 3.63) is 71.5 Å². The topological polar surface area (TPSA) is 17.1 Å². The molecular weight excluding hydrogens is 239 g/mol. The van der Waals surface area contributed by atoms with Gasteiger partial charge in [-0.3, -0.25) is 0 Å². The lowest BCUT2D eigenvalue weighted by atomic mass is 9.79. The smallest absolute Gasteiger partial charge is 0.130 e. The molecule has 0 aliphatic heterocycles. The molecule has 0 fully saturated rings. The van der Waals surface area contributed by atoms with Crippen LogP contribution in [0.2, 0.25) is 0 Å². The Labute approximate surface area is 113 Å². The van der Waals surface area contributed by atoms with Crippen molar-refractivity contribution < 1.29 is 9.18 Å². The Morgan fingerprint density at radius 2 is 1.68 bits per heavy atom. The molecule has 1 atom stereocenters. The van der Waals surface area contributed by atoms with Crippen LogP contribution in [0, 0.1) is 5.82 Å². The van der Waals surface area contributed by atoms with Gasteiger partial charge in [0, 0.05) is 5.41 Å². The maximum atomic E-state index is 12.9. The zero-order chi connectivity index (χ0) is 13.7. The van der Waals surface area contributed by atoms with Crippen molar-refractivity contribution in [2.45, 2.75) is 25.2 Å². The van der Waals surface area contributed by atoms with Gasteiger partial charge in [-0.1, -0.05) is 42.5 Å². The van der Waals surface area contributed by atoms with Crippen LogP contribution in [0.15, 0.2) is 54.6 Å². The van der Waals surface area contributed by atoms with E-state index in [2.05, 4.69) is 12.1 Å². The van der Waals surface area contributed by atoms with Gasteiger partial charge in [0.2, 0.25) is 0 Å². The first kappa shape index (κ1) is 13.5. The maximum Gasteiger partial charge on any atom is 0.130 e. The van der Waals surface area contributed by atoms with Crippen molar-refractivity contribution in [2.75, 3.05) is 0 Å². The lowest BCUT2D eigenvalue weighted by Gasteiger charge is -2.23. The molecule has 0 aliphatic carbocycles. The molecule has 2 aromatic carbocycles. The molecule has 2 rings (SSSR count).